The van der Waals surface area contributed by atoms with Crippen molar-refractivity contribution in [3.63, 3.8) is 0 Å². The average Bonchev–Trinajstić information content (AvgIpc) is 2.78. The zero-order chi connectivity index (χ0) is 11.5. The van der Waals surface area contributed by atoms with Crippen molar-refractivity contribution in [1.82, 2.24) is 9.55 Å². The van der Waals surface area contributed by atoms with Crippen LogP contribution in [0, 0.1) is 0 Å². The molecule has 0 aliphatic carbocycles. The van der Waals surface area contributed by atoms with Crippen molar-refractivity contribution < 1.29 is 39.5 Å². The van der Waals surface area contributed by atoms with Gasteiger partial charge in [0.25, 0.3) is 0 Å². The molecule has 0 saturated heterocycles. The van der Waals surface area contributed by atoms with Crippen LogP contribution in [0.1, 0.15) is 29.0 Å². The number of aromatic nitrogens is 2. The molecule has 82 valence electrons. The minimum absolute atomic E-state index is 0. The molecule has 0 aliphatic heterocycles. The standard InChI is InChI=1S/C12H12N2O2.Na/c1-9(10-5-3-2-4-6-10)14-8-13-7-11(14)12(15)16;/h2-9H,1H3,(H,15,16);/q;+1/p-1. The third kappa shape index (κ3) is 2.97. The van der Waals surface area contributed by atoms with Gasteiger partial charge < -0.3 is 14.5 Å². The van der Waals surface area contributed by atoms with E-state index in [2.05, 4.69) is 4.98 Å². The molecule has 0 saturated carbocycles. The van der Waals surface area contributed by atoms with Gasteiger partial charge >= 0.3 is 29.6 Å². The van der Waals surface area contributed by atoms with Gasteiger partial charge in [0.1, 0.15) is 0 Å². The van der Waals surface area contributed by atoms with Crippen molar-refractivity contribution in [1.29, 1.82) is 0 Å². The fraction of sp³-hybridized carbons (Fsp3) is 0.167. The second-order valence-corrected chi connectivity index (χ2v) is 3.56. The van der Waals surface area contributed by atoms with Gasteiger partial charge in [0, 0.05) is 0 Å². The number of nitrogens with zero attached hydrogens (tertiary/aromatic N) is 2. The van der Waals surface area contributed by atoms with Crippen LogP contribution in [0.2, 0.25) is 0 Å². The largest absolute Gasteiger partial charge is 1.00 e. The Morgan fingerprint density at radius 3 is 2.59 bits per heavy atom. The second kappa shape index (κ2) is 6.00. The minimum atomic E-state index is -1.21. The fourth-order valence-electron chi connectivity index (χ4n) is 1.66. The monoisotopic (exact) mass is 238 g/mol. The van der Waals surface area contributed by atoms with Crippen molar-refractivity contribution in [3.05, 3.63) is 54.1 Å². The first-order chi connectivity index (χ1) is 7.70. The SMILES string of the molecule is CC(c1ccccc1)n1cncc1C(=O)[O-].[Na+]. The Morgan fingerprint density at radius 1 is 1.35 bits per heavy atom. The molecule has 1 atom stereocenters. The van der Waals surface area contributed by atoms with Crippen molar-refractivity contribution in [3.8, 4) is 0 Å². The molecule has 0 N–H and O–H groups in total. The van der Waals surface area contributed by atoms with Gasteiger partial charge in [-0.25, -0.2) is 4.98 Å². The normalized spacial score (nSPS) is 11.6. The summed E-state index contributed by atoms with van der Waals surface area (Å²) in [5, 5.41) is 10.8. The molecule has 1 aromatic carbocycles. The second-order valence-electron chi connectivity index (χ2n) is 3.56. The molecule has 1 heterocycles. The van der Waals surface area contributed by atoms with Crippen molar-refractivity contribution in [2.24, 2.45) is 0 Å². The van der Waals surface area contributed by atoms with Crippen LogP contribution >= 0.6 is 0 Å². The first kappa shape index (κ1) is 14.0. The number of hydrogen-bond acceptors (Lipinski definition) is 3. The summed E-state index contributed by atoms with van der Waals surface area (Å²) in [6.45, 7) is 1.92. The molecule has 0 fully saturated rings. The Morgan fingerprint density at radius 2 is 2.00 bits per heavy atom. The first-order valence-corrected chi connectivity index (χ1v) is 4.98. The summed E-state index contributed by atoms with van der Waals surface area (Å²) in [6.07, 6.45) is 2.80. The van der Waals surface area contributed by atoms with Crippen LogP contribution in [-0.2, 0) is 0 Å². The molecule has 17 heavy (non-hydrogen) atoms. The number of carbonyl (C=O) groups excluding carboxylic acids is 1. The number of hydrogen-bond donors (Lipinski definition) is 0. The molecule has 2 rings (SSSR count). The van der Waals surface area contributed by atoms with E-state index >= 15 is 0 Å². The van der Waals surface area contributed by atoms with Crippen molar-refractivity contribution >= 4 is 5.97 Å². The van der Waals surface area contributed by atoms with Crippen LogP contribution in [0.5, 0.6) is 0 Å². The van der Waals surface area contributed by atoms with E-state index in [0.29, 0.717) is 0 Å². The van der Waals surface area contributed by atoms with Crippen molar-refractivity contribution in [2.75, 3.05) is 0 Å². The zero-order valence-corrected chi connectivity index (χ0v) is 11.8. The van der Waals surface area contributed by atoms with Gasteiger partial charge in [-0.2, -0.15) is 0 Å². The molecule has 1 aromatic heterocycles. The topological polar surface area (TPSA) is 58.0 Å². The summed E-state index contributed by atoms with van der Waals surface area (Å²) >= 11 is 0. The van der Waals surface area contributed by atoms with Gasteiger partial charge in [-0.1, -0.05) is 30.3 Å². The predicted octanol–water partition coefficient (Wildman–Crippen LogP) is -2.14. The first-order valence-electron chi connectivity index (χ1n) is 4.98. The summed E-state index contributed by atoms with van der Waals surface area (Å²) in [6, 6.07) is 9.58. The van der Waals surface area contributed by atoms with Gasteiger partial charge in [-0.3, -0.25) is 0 Å². The maximum Gasteiger partial charge on any atom is 1.00 e. The molecule has 1 unspecified atom stereocenters. The van der Waals surface area contributed by atoms with Crippen molar-refractivity contribution in [2.45, 2.75) is 13.0 Å². The maximum atomic E-state index is 10.8. The van der Waals surface area contributed by atoms with Crippen LogP contribution in [0.3, 0.4) is 0 Å². The van der Waals surface area contributed by atoms with Crippen LogP contribution in [0.25, 0.3) is 0 Å². The number of aromatic carboxylic acids is 1. The summed E-state index contributed by atoms with van der Waals surface area (Å²) < 4.78 is 1.59. The number of carboxylic acids is 1. The molecule has 0 aliphatic rings. The van der Waals surface area contributed by atoms with E-state index in [1.807, 2.05) is 37.3 Å². The summed E-state index contributed by atoms with van der Waals surface area (Å²) in [5.41, 5.74) is 1.12. The minimum Gasteiger partial charge on any atom is -0.543 e. The van der Waals surface area contributed by atoms with Crippen LogP contribution in [0.15, 0.2) is 42.9 Å². The fourth-order valence-corrected chi connectivity index (χ4v) is 1.66. The summed E-state index contributed by atoms with van der Waals surface area (Å²) in [5.74, 6) is -1.21. The molecule has 2 aromatic rings. The summed E-state index contributed by atoms with van der Waals surface area (Å²) in [7, 11) is 0. The Kier molecular flexibility index (Phi) is 4.93. The Balaban J connectivity index is 0.00000144. The third-order valence-electron chi connectivity index (χ3n) is 2.57. The molecule has 0 bridgehead atoms. The molecule has 0 amide bonds. The van der Waals surface area contributed by atoms with Gasteiger partial charge in [-0.15, -0.1) is 0 Å². The molecule has 0 radical (unpaired) electrons. The van der Waals surface area contributed by atoms with E-state index < -0.39 is 5.97 Å². The van der Waals surface area contributed by atoms with E-state index in [-0.39, 0.29) is 41.3 Å². The zero-order valence-electron chi connectivity index (χ0n) is 9.83. The van der Waals surface area contributed by atoms with Crippen LogP contribution in [-0.4, -0.2) is 15.5 Å². The van der Waals surface area contributed by atoms with E-state index in [9.17, 15) is 9.90 Å². The Hall–Kier alpha value is -1.10. The number of imidazole rings is 1. The van der Waals surface area contributed by atoms with Crippen LogP contribution in [0.4, 0.5) is 0 Å². The van der Waals surface area contributed by atoms with Gasteiger partial charge in [0.05, 0.1) is 30.2 Å². The number of rotatable bonds is 3. The van der Waals surface area contributed by atoms with Gasteiger partial charge in [0.15, 0.2) is 0 Å². The predicted molar refractivity (Wildman–Crippen MR) is 56.8 cm³/mol. The van der Waals surface area contributed by atoms with Crippen LogP contribution < -0.4 is 34.7 Å². The molecular weight excluding hydrogens is 227 g/mol. The van der Waals surface area contributed by atoms with E-state index in [1.54, 1.807) is 4.57 Å². The maximum absolute atomic E-state index is 10.8. The third-order valence-corrected chi connectivity index (χ3v) is 2.57. The van der Waals surface area contributed by atoms with E-state index in [1.165, 1.54) is 12.5 Å². The molecule has 5 heteroatoms. The molecular formula is C12H11N2NaO2. The molecule has 4 nitrogen and oxygen atoms in total. The number of carbonyl (C=O) groups is 1. The average molecular weight is 238 g/mol. The van der Waals surface area contributed by atoms with E-state index in [4.69, 9.17) is 0 Å². The van der Waals surface area contributed by atoms with Gasteiger partial charge in [-0.05, 0) is 12.5 Å². The van der Waals surface area contributed by atoms with E-state index in [0.717, 1.165) is 5.56 Å². The number of benzene rings is 1. The Bertz CT molecular complexity index is 496. The summed E-state index contributed by atoms with van der Waals surface area (Å²) in [4.78, 5) is 14.7. The Labute approximate surface area is 122 Å². The van der Waals surface area contributed by atoms with Gasteiger partial charge in [0.2, 0.25) is 0 Å². The number of carboxylic acid groups (broad SMARTS) is 1. The smallest absolute Gasteiger partial charge is 0.543 e. The quantitative estimate of drug-likeness (QED) is 0.573. The molecule has 0 spiro atoms.